The van der Waals surface area contributed by atoms with Gasteiger partial charge in [-0.2, -0.15) is 0 Å². The fraction of sp³-hybridized carbons (Fsp3) is 0.600. The van der Waals surface area contributed by atoms with Crippen LogP contribution in [0.1, 0.15) is 12.5 Å². The standard InChI is InChI=1S/C10H15ClN2S.ClH/c1-8-6-12-3-4-13(8)7-9-2-5-14-10(9)11;/h2,5,8,12H,3-4,6-7H2,1H3;1H/t8-;/m0./s1. The lowest BCUT2D eigenvalue weighted by atomic mass is 10.2. The van der Waals surface area contributed by atoms with Gasteiger partial charge in [-0.05, 0) is 23.9 Å². The molecule has 0 amide bonds. The van der Waals surface area contributed by atoms with Gasteiger partial charge in [0.1, 0.15) is 0 Å². The third-order valence-corrected chi connectivity index (χ3v) is 3.96. The van der Waals surface area contributed by atoms with E-state index in [2.05, 4.69) is 28.6 Å². The van der Waals surface area contributed by atoms with E-state index in [1.807, 2.05) is 0 Å². The molecule has 0 bridgehead atoms. The van der Waals surface area contributed by atoms with Crippen molar-refractivity contribution in [2.75, 3.05) is 19.6 Å². The molecule has 0 radical (unpaired) electrons. The predicted octanol–water partition coefficient (Wildman–Crippen LogP) is 2.62. The van der Waals surface area contributed by atoms with Crippen molar-refractivity contribution in [2.24, 2.45) is 0 Å². The zero-order valence-electron chi connectivity index (χ0n) is 8.70. The Hall–Kier alpha value is 0.200. The molecule has 86 valence electrons. The number of halogens is 2. The van der Waals surface area contributed by atoms with Gasteiger partial charge in [-0.25, -0.2) is 0 Å². The summed E-state index contributed by atoms with van der Waals surface area (Å²) in [5.41, 5.74) is 1.27. The number of nitrogens with zero attached hydrogens (tertiary/aromatic N) is 1. The first-order chi connectivity index (χ1) is 6.77. The summed E-state index contributed by atoms with van der Waals surface area (Å²) in [7, 11) is 0. The minimum absolute atomic E-state index is 0. The lowest BCUT2D eigenvalue weighted by Crippen LogP contribution is -2.49. The van der Waals surface area contributed by atoms with Gasteiger partial charge in [0.05, 0.1) is 4.34 Å². The number of hydrogen-bond donors (Lipinski definition) is 1. The second kappa shape index (κ2) is 6.06. The van der Waals surface area contributed by atoms with Crippen molar-refractivity contribution < 1.29 is 0 Å². The quantitative estimate of drug-likeness (QED) is 0.886. The van der Waals surface area contributed by atoms with Gasteiger partial charge in [0.15, 0.2) is 0 Å². The SMILES string of the molecule is C[C@H]1CNCCN1Cc1ccsc1Cl.Cl. The molecule has 1 aliphatic rings. The van der Waals surface area contributed by atoms with E-state index < -0.39 is 0 Å². The van der Waals surface area contributed by atoms with Gasteiger partial charge in [0.2, 0.25) is 0 Å². The smallest absolute Gasteiger partial charge is 0.0973 e. The number of nitrogens with one attached hydrogen (secondary N) is 1. The number of thiophene rings is 1. The lowest BCUT2D eigenvalue weighted by molar-refractivity contribution is 0.166. The molecular weight excluding hydrogens is 251 g/mol. The van der Waals surface area contributed by atoms with Crippen LogP contribution in [0.2, 0.25) is 4.34 Å². The van der Waals surface area contributed by atoms with E-state index in [0.717, 1.165) is 30.5 Å². The summed E-state index contributed by atoms with van der Waals surface area (Å²) in [6, 6.07) is 2.74. The number of piperazine rings is 1. The summed E-state index contributed by atoms with van der Waals surface area (Å²) < 4.78 is 0.940. The van der Waals surface area contributed by atoms with Crippen LogP contribution in [0.4, 0.5) is 0 Å². The van der Waals surface area contributed by atoms with E-state index >= 15 is 0 Å². The average molecular weight is 267 g/mol. The maximum atomic E-state index is 6.08. The second-order valence-corrected chi connectivity index (χ2v) is 5.26. The zero-order chi connectivity index (χ0) is 9.97. The molecule has 1 aromatic rings. The van der Waals surface area contributed by atoms with Gasteiger partial charge in [-0.3, -0.25) is 4.90 Å². The van der Waals surface area contributed by atoms with Gasteiger partial charge >= 0.3 is 0 Å². The molecular formula is C10H16Cl2N2S. The molecule has 0 aromatic carbocycles. The van der Waals surface area contributed by atoms with E-state index in [-0.39, 0.29) is 12.4 Å². The Labute approximate surface area is 106 Å². The zero-order valence-corrected chi connectivity index (χ0v) is 11.1. The molecule has 1 N–H and O–H groups in total. The summed E-state index contributed by atoms with van der Waals surface area (Å²) in [6.07, 6.45) is 0. The maximum absolute atomic E-state index is 6.08. The summed E-state index contributed by atoms with van der Waals surface area (Å²) >= 11 is 7.70. The molecule has 1 saturated heterocycles. The first-order valence-corrected chi connectivity index (χ1v) is 6.20. The van der Waals surface area contributed by atoms with E-state index in [4.69, 9.17) is 11.6 Å². The highest BCUT2D eigenvalue weighted by Crippen LogP contribution is 2.24. The summed E-state index contributed by atoms with van der Waals surface area (Å²) in [4.78, 5) is 2.48. The molecule has 0 aliphatic carbocycles. The first-order valence-electron chi connectivity index (χ1n) is 4.94. The molecule has 1 aromatic heterocycles. The Morgan fingerprint density at radius 1 is 1.67 bits per heavy atom. The third kappa shape index (κ3) is 3.33. The maximum Gasteiger partial charge on any atom is 0.0973 e. The Kier molecular flexibility index (Phi) is 5.36. The second-order valence-electron chi connectivity index (χ2n) is 3.74. The molecule has 1 fully saturated rings. The molecule has 2 nitrogen and oxygen atoms in total. The predicted molar refractivity (Wildman–Crippen MR) is 69.3 cm³/mol. The van der Waals surface area contributed by atoms with Gasteiger partial charge in [-0.1, -0.05) is 11.6 Å². The van der Waals surface area contributed by atoms with Crippen molar-refractivity contribution in [3.8, 4) is 0 Å². The van der Waals surface area contributed by atoms with Crippen molar-refractivity contribution >= 4 is 35.3 Å². The fourth-order valence-corrected chi connectivity index (χ4v) is 2.68. The molecule has 1 atom stereocenters. The largest absolute Gasteiger partial charge is 0.314 e. The Balaban J connectivity index is 0.00000112. The molecule has 0 spiro atoms. The summed E-state index contributed by atoms with van der Waals surface area (Å²) in [5, 5.41) is 5.45. The van der Waals surface area contributed by atoms with Crippen LogP contribution in [0.5, 0.6) is 0 Å². The average Bonchev–Trinajstić information content (AvgIpc) is 2.56. The van der Waals surface area contributed by atoms with E-state index in [1.165, 1.54) is 5.56 Å². The summed E-state index contributed by atoms with van der Waals surface area (Å²) in [6.45, 7) is 6.54. The minimum atomic E-state index is 0. The Bertz CT molecular complexity index is 303. The van der Waals surface area contributed by atoms with Crippen molar-refractivity contribution in [3.05, 3.63) is 21.3 Å². The molecule has 15 heavy (non-hydrogen) atoms. The fourth-order valence-electron chi connectivity index (χ4n) is 1.77. The highest BCUT2D eigenvalue weighted by molar-refractivity contribution is 7.14. The van der Waals surface area contributed by atoms with Crippen molar-refractivity contribution in [3.63, 3.8) is 0 Å². The van der Waals surface area contributed by atoms with Gasteiger partial charge < -0.3 is 5.32 Å². The Morgan fingerprint density at radius 2 is 2.47 bits per heavy atom. The summed E-state index contributed by atoms with van der Waals surface area (Å²) in [5.74, 6) is 0. The van der Waals surface area contributed by atoms with Crippen LogP contribution in [-0.4, -0.2) is 30.6 Å². The van der Waals surface area contributed by atoms with Crippen LogP contribution in [-0.2, 0) is 6.54 Å². The van der Waals surface area contributed by atoms with Crippen LogP contribution in [0, 0.1) is 0 Å². The van der Waals surface area contributed by atoms with Crippen LogP contribution in [0.3, 0.4) is 0 Å². The van der Waals surface area contributed by atoms with E-state index in [9.17, 15) is 0 Å². The van der Waals surface area contributed by atoms with E-state index in [1.54, 1.807) is 11.3 Å². The first kappa shape index (κ1) is 13.3. The van der Waals surface area contributed by atoms with Crippen molar-refractivity contribution in [1.82, 2.24) is 10.2 Å². The van der Waals surface area contributed by atoms with Gasteiger partial charge in [0, 0.05) is 32.2 Å². The van der Waals surface area contributed by atoms with Gasteiger partial charge in [0.25, 0.3) is 0 Å². The van der Waals surface area contributed by atoms with Gasteiger partial charge in [-0.15, -0.1) is 23.7 Å². The van der Waals surface area contributed by atoms with Crippen LogP contribution >= 0.6 is 35.3 Å². The number of rotatable bonds is 2. The molecule has 2 rings (SSSR count). The van der Waals surface area contributed by atoms with E-state index in [0.29, 0.717) is 6.04 Å². The molecule has 2 heterocycles. The van der Waals surface area contributed by atoms with Crippen LogP contribution < -0.4 is 5.32 Å². The normalized spacial score (nSPS) is 22.4. The molecule has 0 unspecified atom stereocenters. The van der Waals surface area contributed by atoms with Crippen LogP contribution in [0.15, 0.2) is 11.4 Å². The molecule has 5 heteroatoms. The molecule has 1 aliphatic heterocycles. The monoisotopic (exact) mass is 266 g/mol. The van der Waals surface area contributed by atoms with Crippen molar-refractivity contribution in [2.45, 2.75) is 19.5 Å². The topological polar surface area (TPSA) is 15.3 Å². The lowest BCUT2D eigenvalue weighted by Gasteiger charge is -2.33. The van der Waals surface area contributed by atoms with Crippen molar-refractivity contribution in [1.29, 1.82) is 0 Å². The third-order valence-electron chi connectivity index (χ3n) is 2.71. The minimum Gasteiger partial charge on any atom is -0.314 e. The Morgan fingerprint density at radius 3 is 3.07 bits per heavy atom. The van der Waals surface area contributed by atoms with Crippen LogP contribution in [0.25, 0.3) is 0 Å². The highest BCUT2D eigenvalue weighted by atomic mass is 35.5. The highest BCUT2D eigenvalue weighted by Gasteiger charge is 2.18. The number of hydrogen-bond acceptors (Lipinski definition) is 3. The molecule has 0 saturated carbocycles.